The van der Waals surface area contributed by atoms with Gasteiger partial charge in [0.05, 0.1) is 0 Å². The first-order valence-electron chi connectivity index (χ1n) is 5.22. The van der Waals surface area contributed by atoms with Gasteiger partial charge in [-0.05, 0) is 0 Å². The Morgan fingerprint density at radius 1 is 0.941 bits per heavy atom. The molecule has 0 heterocycles. The largest absolute Gasteiger partial charge is 1.00 e. The molecule has 0 bridgehead atoms. The normalized spacial score (nSPS) is 23.2. The van der Waals surface area contributed by atoms with Gasteiger partial charge in [-0.3, -0.25) is 0 Å². The Morgan fingerprint density at radius 2 is 1.35 bits per heavy atom. The molecule has 0 N–H and O–H groups in total. The van der Waals surface area contributed by atoms with Crippen LogP contribution in [0.4, 0.5) is 0 Å². The van der Waals surface area contributed by atoms with Gasteiger partial charge in [0.25, 0.3) is 0 Å². The van der Waals surface area contributed by atoms with E-state index in [2.05, 4.69) is 74.9 Å². The molecule has 99 valence electrons. The molecule has 1 aliphatic rings. The Labute approximate surface area is 136 Å². The summed E-state index contributed by atoms with van der Waals surface area (Å²) >= 11 is 2.97. The second kappa shape index (κ2) is 7.23. The molecular weight excluding hydrogens is 346 g/mol. The van der Waals surface area contributed by atoms with E-state index in [-0.39, 0.29) is 37.2 Å². The summed E-state index contributed by atoms with van der Waals surface area (Å²) in [6.07, 6.45) is 7.07. The van der Waals surface area contributed by atoms with Gasteiger partial charge in [-0.1, -0.05) is 0 Å². The van der Waals surface area contributed by atoms with Crippen molar-refractivity contribution in [2.75, 3.05) is 0 Å². The predicted molar refractivity (Wildman–Crippen MR) is 66.6 cm³/mol. The molecule has 0 saturated heterocycles. The molecule has 0 spiro atoms. The van der Waals surface area contributed by atoms with E-state index in [0.717, 1.165) is 0 Å². The van der Waals surface area contributed by atoms with Crippen LogP contribution in [0.3, 0.4) is 0 Å². The van der Waals surface area contributed by atoms with Gasteiger partial charge in [0.1, 0.15) is 0 Å². The van der Waals surface area contributed by atoms with Crippen LogP contribution in [0, 0.1) is 0 Å². The smallest absolute Gasteiger partial charge is 1.00 e. The van der Waals surface area contributed by atoms with Gasteiger partial charge in [-0.15, -0.1) is 0 Å². The van der Waals surface area contributed by atoms with E-state index in [0.29, 0.717) is 3.75 Å². The van der Waals surface area contributed by atoms with E-state index in [1.54, 1.807) is 5.20 Å². The first-order valence-corrected chi connectivity index (χ1v) is 12.9. The van der Waals surface area contributed by atoms with Crippen LogP contribution < -0.4 is 37.2 Å². The van der Waals surface area contributed by atoms with Crippen molar-refractivity contribution in [1.29, 1.82) is 0 Å². The van der Waals surface area contributed by atoms with Gasteiger partial charge in [0.15, 0.2) is 0 Å². The molecule has 1 unspecified atom stereocenters. The third-order valence-electron chi connectivity index (χ3n) is 2.96. The summed E-state index contributed by atoms with van der Waals surface area (Å²) in [5.74, 6) is 0. The van der Waals surface area contributed by atoms with Crippen molar-refractivity contribution in [3.05, 3.63) is 23.4 Å². The predicted octanol–water partition coefficient (Wildman–Crippen LogP) is -5.05. The molecule has 0 aromatic carbocycles. The Morgan fingerprint density at radius 3 is 1.59 bits per heavy atom. The minimum Gasteiger partial charge on any atom is -1.00 e. The second-order valence-electron chi connectivity index (χ2n) is 6.21. The summed E-state index contributed by atoms with van der Waals surface area (Å²) in [6, 6.07) is 0. The summed E-state index contributed by atoms with van der Waals surface area (Å²) in [5.41, 5.74) is 0. The van der Waals surface area contributed by atoms with Crippen LogP contribution in [0.1, 0.15) is 0 Å². The molecular formula is C11H21Cl3Si2V. The van der Waals surface area contributed by atoms with Gasteiger partial charge in [-0.2, -0.15) is 0 Å². The molecule has 0 fully saturated rings. The molecule has 0 aromatic rings. The van der Waals surface area contributed by atoms with Crippen LogP contribution in [0.15, 0.2) is 23.4 Å². The van der Waals surface area contributed by atoms with Crippen LogP contribution in [0.5, 0.6) is 0 Å². The molecule has 0 amide bonds. The average molecular weight is 367 g/mol. The van der Waals surface area contributed by atoms with Crippen LogP contribution in [-0.2, 0) is 17.4 Å². The molecule has 17 heavy (non-hydrogen) atoms. The van der Waals surface area contributed by atoms with Crippen molar-refractivity contribution in [1.82, 2.24) is 0 Å². The Hall–Kier alpha value is 1.37. The fraction of sp³-hybridized carbons (Fsp3) is 0.636. The Bertz CT molecular complexity index is 303. The molecule has 1 rings (SSSR count). The van der Waals surface area contributed by atoms with Crippen LogP contribution in [0.2, 0.25) is 43.0 Å². The maximum absolute atomic E-state index is 2.97. The van der Waals surface area contributed by atoms with Gasteiger partial charge < -0.3 is 37.2 Å². The molecule has 0 nitrogen and oxygen atoms in total. The minimum absolute atomic E-state index is 0. The van der Waals surface area contributed by atoms with Crippen LogP contribution >= 0.6 is 0 Å². The summed E-state index contributed by atoms with van der Waals surface area (Å²) in [4.78, 5) is 0. The van der Waals surface area contributed by atoms with Crippen molar-refractivity contribution < 1.29 is 54.6 Å². The monoisotopic (exact) mass is 365 g/mol. The topological polar surface area (TPSA) is 0 Å². The SMILES string of the molecule is C[Si](C)(C)C1=CC=C[C]1([V+3])[Si](C)(C)C.[Cl-].[Cl-].[Cl-]. The number of hydrogen-bond acceptors (Lipinski definition) is 0. The molecule has 1 atom stereocenters. The standard InChI is InChI=1S/C11H21Si2.3ClH.V/c1-12(2,3)10-8-7-9-11(10)13(4,5)6;;;;/h7-9H,1-6H3;3*1H;/q;;;;+3/p-3. The average Bonchev–Trinajstić information content (AvgIpc) is 2.28. The van der Waals surface area contributed by atoms with E-state index in [9.17, 15) is 0 Å². The maximum atomic E-state index is 2.97. The molecule has 0 radical (unpaired) electrons. The van der Waals surface area contributed by atoms with Crippen molar-refractivity contribution in [3.8, 4) is 0 Å². The van der Waals surface area contributed by atoms with Crippen molar-refractivity contribution >= 4 is 16.1 Å². The quantitative estimate of drug-likeness (QED) is 0.429. The number of halogens is 3. The zero-order valence-corrected chi connectivity index (χ0v) is 17.0. The van der Waals surface area contributed by atoms with Gasteiger partial charge in [-0.25, -0.2) is 0 Å². The van der Waals surface area contributed by atoms with E-state index >= 15 is 0 Å². The number of rotatable bonds is 2. The molecule has 0 aromatic heterocycles. The second-order valence-corrected chi connectivity index (χ2v) is 18.3. The van der Waals surface area contributed by atoms with Crippen molar-refractivity contribution in [3.63, 3.8) is 0 Å². The first-order chi connectivity index (χ1) is 6.09. The third kappa shape index (κ3) is 4.76. The van der Waals surface area contributed by atoms with Gasteiger partial charge >= 0.3 is 100 Å². The van der Waals surface area contributed by atoms with E-state index < -0.39 is 16.1 Å². The molecule has 0 saturated carbocycles. The summed E-state index contributed by atoms with van der Waals surface area (Å²) in [6.45, 7) is 14.8. The summed E-state index contributed by atoms with van der Waals surface area (Å²) in [7, 11) is -2.32. The Balaban J connectivity index is -0.000000653. The Kier molecular flexibility index (Phi) is 9.98. The molecule has 1 aliphatic carbocycles. The zero-order valence-electron chi connectivity index (χ0n) is 11.3. The number of hydrogen-bond donors (Lipinski definition) is 0. The molecule has 6 heteroatoms. The summed E-state index contributed by atoms with van der Waals surface area (Å²) in [5, 5.41) is 1.73. The van der Waals surface area contributed by atoms with Gasteiger partial charge in [0.2, 0.25) is 0 Å². The fourth-order valence-corrected chi connectivity index (χ4v) is 9.36. The maximum Gasteiger partial charge on any atom is -1.00 e. The van der Waals surface area contributed by atoms with Crippen LogP contribution in [0.25, 0.3) is 0 Å². The van der Waals surface area contributed by atoms with E-state index in [1.807, 2.05) is 0 Å². The zero-order chi connectivity index (χ0) is 11.2. The first kappa shape index (κ1) is 23.5. The minimum atomic E-state index is -1.17. The van der Waals surface area contributed by atoms with Crippen molar-refractivity contribution in [2.24, 2.45) is 0 Å². The van der Waals surface area contributed by atoms with E-state index in [1.165, 1.54) is 0 Å². The fourth-order valence-electron chi connectivity index (χ4n) is 1.98. The van der Waals surface area contributed by atoms with Crippen LogP contribution in [-0.4, -0.2) is 16.1 Å². The summed E-state index contributed by atoms with van der Waals surface area (Å²) < 4.78 is 0.352. The molecule has 0 aliphatic heterocycles. The van der Waals surface area contributed by atoms with Crippen molar-refractivity contribution in [2.45, 2.75) is 43.0 Å². The van der Waals surface area contributed by atoms with E-state index in [4.69, 9.17) is 0 Å². The number of allylic oxidation sites excluding steroid dienone is 4. The third-order valence-corrected chi connectivity index (χ3v) is 12.2. The van der Waals surface area contributed by atoms with Gasteiger partial charge in [0, 0.05) is 0 Å².